The van der Waals surface area contributed by atoms with Crippen LogP contribution in [0.5, 0.6) is 0 Å². The van der Waals surface area contributed by atoms with E-state index in [4.69, 9.17) is 5.11 Å². The van der Waals surface area contributed by atoms with Crippen LogP contribution in [-0.4, -0.2) is 57.2 Å². The summed E-state index contributed by atoms with van der Waals surface area (Å²) in [7, 11) is 0. The molecular formula is C11H16N2O3S. The Morgan fingerprint density at radius 3 is 2.65 bits per heavy atom. The summed E-state index contributed by atoms with van der Waals surface area (Å²) in [4.78, 5) is 26.8. The number of hydrogen-bond acceptors (Lipinski definition) is 3. The second kappa shape index (κ2) is 4.08. The van der Waals surface area contributed by atoms with Crippen molar-refractivity contribution in [3.63, 3.8) is 0 Å². The molecule has 17 heavy (non-hydrogen) atoms. The van der Waals surface area contributed by atoms with Crippen LogP contribution in [0.2, 0.25) is 0 Å². The molecule has 94 valence electrons. The zero-order chi connectivity index (χ0) is 12.0. The minimum atomic E-state index is -0.882. The van der Waals surface area contributed by atoms with Crippen molar-refractivity contribution < 1.29 is 14.7 Å². The monoisotopic (exact) mass is 256 g/mol. The largest absolute Gasteiger partial charge is 0.480 e. The summed E-state index contributed by atoms with van der Waals surface area (Å²) < 4.78 is 0. The number of nitrogens with zero attached hydrogens (tertiary/aromatic N) is 2. The molecule has 0 aromatic heterocycles. The predicted octanol–water partition coefficient (Wildman–Crippen LogP) is 1.05. The first-order valence-corrected chi connectivity index (χ1v) is 7.20. The fourth-order valence-electron chi connectivity index (χ4n) is 3.16. The Hall–Kier alpha value is -0.910. The number of amides is 2. The van der Waals surface area contributed by atoms with Gasteiger partial charge in [0.05, 0.1) is 5.88 Å². The van der Waals surface area contributed by atoms with Gasteiger partial charge in [0.25, 0.3) is 0 Å². The first-order valence-electron chi connectivity index (χ1n) is 6.04. The van der Waals surface area contributed by atoms with Gasteiger partial charge in [-0.2, -0.15) is 0 Å². The molecule has 2 bridgehead atoms. The van der Waals surface area contributed by atoms with Gasteiger partial charge in [-0.1, -0.05) is 0 Å². The minimum absolute atomic E-state index is 0.0606. The molecule has 0 radical (unpaired) electrons. The lowest BCUT2D eigenvalue weighted by molar-refractivity contribution is -0.141. The normalized spacial score (nSPS) is 35.6. The summed E-state index contributed by atoms with van der Waals surface area (Å²) in [6, 6.07) is -0.325. The molecule has 1 N–H and O–H groups in total. The highest BCUT2D eigenvalue weighted by molar-refractivity contribution is 7.99. The van der Waals surface area contributed by atoms with E-state index in [-0.39, 0.29) is 6.03 Å². The molecule has 0 aromatic rings. The van der Waals surface area contributed by atoms with Crippen molar-refractivity contribution in [3.8, 4) is 0 Å². The number of aliphatic carboxylic acids is 1. The summed E-state index contributed by atoms with van der Waals surface area (Å²) in [5, 5.41) is 9.08. The third kappa shape index (κ3) is 1.78. The Labute approximate surface area is 104 Å². The number of carboxylic acids is 1. The Morgan fingerprint density at radius 2 is 2.06 bits per heavy atom. The summed E-state index contributed by atoms with van der Waals surface area (Å²) in [5.74, 6) is 0.808. The van der Waals surface area contributed by atoms with Gasteiger partial charge in [-0.05, 0) is 25.2 Å². The van der Waals surface area contributed by atoms with Gasteiger partial charge in [0.15, 0.2) is 0 Å². The van der Waals surface area contributed by atoms with Crippen molar-refractivity contribution in [2.75, 3.05) is 18.2 Å². The molecule has 3 atom stereocenters. The highest BCUT2D eigenvalue weighted by Gasteiger charge is 2.44. The van der Waals surface area contributed by atoms with Gasteiger partial charge in [-0.15, -0.1) is 11.8 Å². The maximum atomic E-state index is 12.3. The van der Waals surface area contributed by atoms with E-state index in [1.165, 1.54) is 23.1 Å². The molecule has 2 aliphatic heterocycles. The van der Waals surface area contributed by atoms with Crippen LogP contribution in [0.15, 0.2) is 0 Å². The molecular weight excluding hydrogens is 240 g/mol. The fourth-order valence-corrected chi connectivity index (χ4v) is 4.30. The molecule has 3 fully saturated rings. The van der Waals surface area contributed by atoms with Gasteiger partial charge in [0.1, 0.15) is 6.04 Å². The van der Waals surface area contributed by atoms with E-state index in [9.17, 15) is 9.59 Å². The smallest absolute Gasteiger partial charge is 0.327 e. The summed E-state index contributed by atoms with van der Waals surface area (Å²) in [6.07, 6.45) is 3.44. The van der Waals surface area contributed by atoms with Crippen molar-refractivity contribution in [3.05, 3.63) is 0 Å². The Bertz CT molecular complexity index is 363. The number of carbonyl (C=O) groups excluding carboxylic acids is 1. The summed E-state index contributed by atoms with van der Waals surface area (Å²) >= 11 is 1.52. The molecule has 2 heterocycles. The number of thioether (sulfide) groups is 1. The number of hydrogen-bond donors (Lipinski definition) is 1. The number of likely N-dealkylation sites (tertiary alicyclic amines) is 1. The average Bonchev–Trinajstić information content (AvgIpc) is 3.02. The first kappa shape index (κ1) is 11.2. The van der Waals surface area contributed by atoms with Crippen molar-refractivity contribution in [2.24, 2.45) is 5.92 Å². The maximum absolute atomic E-state index is 12.3. The molecule has 3 rings (SSSR count). The van der Waals surface area contributed by atoms with E-state index in [0.29, 0.717) is 23.6 Å². The second-order valence-electron chi connectivity index (χ2n) is 5.09. The molecule has 2 saturated heterocycles. The topological polar surface area (TPSA) is 60.9 Å². The van der Waals surface area contributed by atoms with Gasteiger partial charge in [-0.3, -0.25) is 0 Å². The van der Waals surface area contributed by atoms with Crippen LogP contribution >= 0.6 is 11.8 Å². The Kier molecular flexibility index (Phi) is 2.69. The number of carbonyl (C=O) groups is 2. The minimum Gasteiger partial charge on any atom is -0.480 e. The average molecular weight is 256 g/mol. The molecule has 5 nitrogen and oxygen atoms in total. The van der Waals surface area contributed by atoms with E-state index >= 15 is 0 Å². The van der Waals surface area contributed by atoms with Crippen LogP contribution in [0.4, 0.5) is 4.79 Å². The molecule has 0 aromatic carbocycles. The van der Waals surface area contributed by atoms with Crippen LogP contribution in [0.25, 0.3) is 0 Å². The van der Waals surface area contributed by atoms with Crippen LogP contribution in [0, 0.1) is 5.92 Å². The van der Waals surface area contributed by atoms with Crippen LogP contribution in [0.3, 0.4) is 0 Å². The zero-order valence-electron chi connectivity index (χ0n) is 9.54. The van der Waals surface area contributed by atoms with E-state index in [2.05, 4.69) is 0 Å². The number of rotatable bonds is 1. The van der Waals surface area contributed by atoms with Crippen molar-refractivity contribution >= 4 is 23.8 Å². The summed E-state index contributed by atoms with van der Waals surface area (Å²) in [5.41, 5.74) is 0. The van der Waals surface area contributed by atoms with E-state index in [1.54, 1.807) is 0 Å². The molecule has 3 aliphatic rings. The molecule has 2 amide bonds. The summed E-state index contributed by atoms with van der Waals surface area (Å²) in [6.45, 7) is 0.830. The Morgan fingerprint density at radius 1 is 1.24 bits per heavy atom. The Balaban J connectivity index is 1.71. The van der Waals surface area contributed by atoms with Crippen LogP contribution in [-0.2, 0) is 4.79 Å². The second-order valence-corrected chi connectivity index (χ2v) is 6.09. The van der Waals surface area contributed by atoms with Gasteiger partial charge < -0.3 is 14.9 Å². The van der Waals surface area contributed by atoms with Crippen molar-refractivity contribution in [1.29, 1.82) is 0 Å². The van der Waals surface area contributed by atoms with E-state index < -0.39 is 12.0 Å². The third-order valence-electron chi connectivity index (χ3n) is 4.07. The quantitative estimate of drug-likeness (QED) is 0.762. The first-order chi connectivity index (χ1) is 8.16. The van der Waals surface area contributed by atoms with Crippen molar-refractivity contribution in [2.45, 2.75) is 31.3 Å². The van der Waals surface area contributed by atoms with Crippen LogP contribution in [0.1, 0.15) is 19.3 Å². The third-order valence-corrected chi connectivity index (χ3v) is 5.08. The lowest BCUT2D eigenvalue weighted by Gasteiger charge is -2.32. The van der Waals surface area contributed by atoms with Crippen LogP contribution < -0.4 is 0 Å². The van der Waals surface area contributed by atoms with E-state index in [0.717, 1.165) is 19.4 Å². The zero-order valence-corrected chi connectivity index (χ0v) is 10.4. The molecule has 6 heteroatoms. The molecule has 1 aliphatic carbocycles. The highest BCUT2D eigenvalue weighted by Crippen LogP contribution is 2.38. The molecule has 3 unspecified atom stereocenters. The molecule has 1 saturated carbocycles. The number of urea groups is 1. The van der Waals surface area contributed by atoms with Gasteiger partial charge in [0.2, 0.25) is 0 Å². The maximum Gasteiger partial charge on any atom is 0.327 e. The standard InChI is InChI=1S/C11H16N2O3S/c14-10(15)9-5-17-6-13(9)11(16)12-4-7-1-2-8(12)3-7/h7-9H,1-6H2,(H,14,15). The van der Waals surface area contributed by atoms with Gasteiger partial charge >= 0.3 is 12.0 Å². The van der Waals surface area contributed by atoms with Crippen molar-refractivity contribution in [1.82, 2.24) is 9.80 Å². The lowest BCUT2D eigenvalue weighted by atomic mass is 10.1. The number of fused-ring (bicyclic) bond motifs is 2. The SMILES string of the molecule is O=C(O)C1CSCN1C(=O)N1CC2CCC1C2. The van der Waals surface area contributed by atoms with E-state index in [1.807, 2.05) is 4.90 Å². The molecule has 0 spiro atoms. The lowest BCUT2D eigenvalue weighted by Crippen LogP contribution is -2.50. The highest BCUT2D eigenvalue weighted by atomic mass is 32.2. The fraction of sp³-hybridized carbons (Fsp3) is 0.818. The predicted molar refractivity (Wildman–Crippen MR) is 63.8 cm³/mol. The number of carboxylic acid groups (broad SMARTS) is 1. The number of piperidine rings is 1. The van der Waals surface area contributed by atoms with Gasteiger partial charge in [0, 0.05) is 18.3 Å². The van der Waals surface area contributed by atoms with Gasteiger partial charge in [-0.25, -0.2) is 9.59 Å².